The standard InChI is InChI=1S/C15H18N4O/c1-10-7-11-5-3-4-6-13(11)19(9-10)15(20)12-8-17-18(2)14(12)16/h3-6,8,10H,7,9,16H2,1-2H3. The van der Waals surface area contributed by atoms with Gasteiger partial charge in [0.2, 0.25) is 0 Å². The molecule has 5 nitrogen and oxygen atoms in total. The Morgan fingerprint density at radius 2 is 2.15 bits per heavy atom. The lowest BCUT2D eigenvalue weighted by molar-refractivity contribution is 0.0982. The van der Waals surface area contributed by atoms with Crippen molar-refractivity contribution in [3.05, 3.63) is 41.6 Å². The number of anilines is 2. The first kappa shape index (κ1) is 12.7. The molecule has 1 amide bonds. The number of aromatic nitrogens is 2. The number of carbonyl (C=O) groups excluding carboxylic acids is 1. The van der Waals surface area contributed by atoms with Crippen LogP contribution in [0.1, 0.15) is 22.8 Å². The van der Waals surface area contributed by atoms with E-state index in [1.165, 1.54) is 10.2 Å². The molecule has 1 aliphatic rings. The summed E-state index contributed by atoms with van der Waals surface area (Å²) in [4.78, 5) is 14.6. The van der Waals surface area contributed by atoms with Crippen molar-refractivity contribution in [3.8, 4) is 0 Å². The smallest absolute Gasteiger partial charge is 0.263 e. The normalized spacial score (nSPS) is 17.9. The van der Waals surface area contributed by atoms with Gasteiger partial charge in [0.05, 0.1) is 6.20 Å². The molecule has 0 saturated carbocycles. The highest BCUT2D eigenvalue weighted by Gasteiger charge is 2.28. The molecule has 0 bridgehead atoms. The van der Waals surface area contributed by atoms with Crippen LogP contribution in [0.3, 0.4) is 0 Å². The molecule has 1 atom stereocenters. The molecule has 0 fully saturated rings. The largest absolute Gasteiger partial charge is 0.383 e. The summed E-state index contributed by atoms with van der Waals surface area (Å²) in [6.45, 7) is 2.87. The van der Waals surface area contributed by atoms with E-state index in [9.17, 15) is 4.79 Å². The third-order valence-electron chi connectivity index (χ3n) is 3.81. The zero-order chi connectivity index (χ0) is 14.3. The van der Waals surface area contributed by atoms with Crippen molar-refractivity contribution in [2.24, 2.45) is 13.0 Å². The number of nitrogen functional groups attached to an aromatic ring is 1. The van der Waals surface area contributed by atoms with Crippen molar-refractivity contribution < 1.29 is 4.79 Å². The average Bonchev–Trinajstić information content (AvgIpc) is 2.77. The lowest BCUT2D eigenvalue weighted by Crippen LogP contribution is -2.39. The van der Waals surface area contributed by atoms with Gasteiger partial charge >= 0.3 is 0 Å². The molecule has 0 saturated heterocycles. The Bertz CT molecular complexity index is 662. The fourth-order valence-electron chi connectivity index (χ4n) is 2.75. The number of nitrogens with two attached hydrogens (primary N) is 1. The molecule has 3 rings (SSSR count). The number of benzene rings is 1. The van der Waals surface area contributed by atoms with E-state index < -0.39 is 0 Å². The molecule has 0 aliphatic carbocycles. The van der Waals surface area contributed by atoms with Gasteiger partial charge in [0.25, 0.3) is 5.91 Å². The van der Waals surface area contributed by atoms with Gasteiger partial charge in [-0.3, -0.25) is 9.48 Å². The maximum Gasteiger partial charge on any atom is 0.263 e. The molecule has 2 N–H and O–H groups in total. The lowest BCUT2D eigenvalue weighted by atomic mass is 9.93. The molecule has 1 aromatic heterocycles. The summed E-state index contributed by atoms with van der Waals surface area (Å²) in [6.07, 6.45) is 2.54. The van der Waals surface area contributed by atoms with Crippen LogP contribution in [0.15, 0.2) is 30.5 Å². The number of fused-ring (bicyclic) bond motifs is 1. The molecular weight excluding hydrogens is 252 g/mol. The van der Waals surface area contributed by atoms with Crippen molar-refractivity contribution in [3.63, 3.8) is 0 Å². The number of rotatable bonds is 1. The van der Waals surface area contributed by atoms with Crippen molar-refractivity contribution in [2.75, 3.05) is 17.2 Å². The van der Waals surface area contributed by atoms with Crippen molar-refractivity contribution in [1.82, 2.24) is 9.78 Å². The Morgan fingerprint density at radius 3 is 2.85 bits per heavy atom. The average molecular weight is 270 g/mol. The molecule has 1 unspecified atom stereocenters. The van der Waals surface area contributed by atoms with Gasteiger partial charge in [-0.25, -0.2) is 0 Å². The summed E-state index contributed by atoms with van der Waals surface area (Å²) in [5, 5.41) is 4.05. The van der Waals surface area contributed by atoms with Gasteiger partial charge in [-0.1, -0.05) is 25.1 Å². The molecule has 104 valence electrons. The number of aryl methyl sites for hydroxylation is 1. The fraction of sp³-hybridized carbons (Fsp3) is 0.333. The second-order valence-corrected chi connectivity index (χ2v) is 5.42. The Morgan fingerprint density at radius 1 is 1.40 bits per heavy atom. The van der Waals surface area contributed by atoms with Crippen LogP contribution in [-0.4, -0.2) is 22.2 Å². The van der Waals surface area contributed by atoms with Gasteiger partial charge in [0.1, 0.15) is 11.4 Å². The van der Waals surface area contributed by atoms with Crippen LogP contribution in [0.2, 0.25) is 0 Å². The minimum absolute atomic E-state index is 0.0744. The van der Waals surface area contributed by atoms with Gasteiger partial charge in [0, 0.05) is 19.3 Å². The highest BCUT2D eigenvalue weighted by atomic mass is 16.2. The number of carbonyl (C=O) groups is 1. The van der Waals surface area contributed by atoms with Crippen molar-refractivity contribution >= 4 is 17.4 Å². The first-order valence-corrected chi connectivity index (χ1v) is 6.75. The molecule has 20 heavy (non-hydrogen) atoms. The Kier molecular flexibility index (Phi) is 2.97. The van der Waals surface area contributed by atoms with Crippen molar-refractivity contribution in [1.29, 1.82) is 0 Å². The number of nitrogens with zero attached hydrogens (tertiary/aromatic N) is 3. The van der Waals surface area contributed by atoms with E-state index in [-0.39, 0.29) is 5.91 Å². The Hall–Kier alpha value is -2.30. The van der Waals surface area contributed by atoms with Crippen LogP contribution < -0.4 is 10.6 Å². The van der Waals surface area contributed by atoms with Crippen LogP contribution >= 0.6 is 0 Å². The van der Waals surface area contributed by atoms with Gasteiger partial charge < -0.3 is 10.6 Å². The summed E-state index contributed by atoms with van der Waals surface area (Å²) in [5.74, 6) is 0.770. The molecule has 1 aromatic carbocycles. The number of hydrogen-bond donors (Lipinski definition) is 1. The quantitative estimate of drug-likeness (QED) is 0.860. The first-order chi connectivity index (χ1) is 9.58. The summed E-state index contributed by atoms with van der Waals surface area (Å²) in [5.41, 5.74) is 8.58. The van der Waals surface area contributed by atoms with Gasteiger partial charge in [-0.15, -0.1) is 0 Å². The minimum Gasteiger partial charge on any atom is -0.383 e. The summed E-state index contributed by atoms with van der Waals surface area (Å²) in [6, 6.07) is 8.04. The highest BCUT2D eigenvalue weighted by Crippen LogP contribution is 2.31. The monoisotopic (exact) mass is 270 g/mol. The summed E-state index contributed by atoms with van der Waals surface area (Å²) < 4.78 is 1.52. The molecule has 0 spiro atoms. The fourth-order valence-corrected chi connectivity index (χ4v) is 2.75. The predicted molar refractivity (Wildman–Crippen MR) is 78.6 cm³/mol. The second-order valence-electron chi connectivity index (χ2n) is 5.42. The van der Waals surface area contributed by atoms with Crippen molar-refractivity contribution in [2.45, 2.75) is 13.3 Å². The van der Waals surface area contributed by atoms with E-state index in [1.807, 2.05) is 23.1 Å². The molecule has 2 heterocycles. The van der Waals surface area contributed by atoms with Crippen LogP contribution in [0.5, 0.6) is 0 Å². The Labute approximate surface area is 118 Å². The molecule has 0 radical (unpaired) electrons. The first-order valence-electron chi connectivity index (χ1n) is 6.75. The summed E-state index contributed by atoms with van der Waals surface area (Å²) >= 11 is 0. The third-order valence-corrected chi connectivity index (χ3v) is 3.81. The molecule has 2 aromatic rings. The van der Waals surface area contributed by atoms with Gasteiger partial charge in [-0.2, -0.15) is 5.10 Å². The summed E-state index contributed by atoms with van der Waals surface area (Å²) in [7, 11) is 1.74. The number of amides is 1. The zero-order valence-corrected chi connectivity index (χ0v) is 11.7. The zero-order valence-electron chi connectivity index (χ0n) is 11.7. The van der Waals surface area contributed by atoms with E-state index in [0.717, 1.165) is 12.1 Å². The third kappa shape index (κ3) is 1.95. The van der Waals surface area contributed by atoms with E-state index in [0.29, 0.717) is 23.8 Å². The topological polar surface area (TPSA) is 64.2 Å². The van der Waals surface area contributed by atoms with E-state index in [1.54, 1.807) is 13.2 Å². The highest BCUT2D eigenvalue weighted by molar-refractivity contribution is 6.09. The maximum absolute atomic E-state index is 12.7. The van der Waals surface area contributed by atoms with E-state index >= 15 is 0 Å². The molecule has 5 heteroatoms. The molecular formula is C15H18N4O. The predicted octanol–water partition coefficient (Wildman–Crippen LogP) is 1.84. The lowest BCUT2D eigenvalue weighted by Gasteiger charge is -2.33. The van der Waals surface area contributed by atoms with Gasteiger partial charge in [0.15, 0.2) is 0 Å². The minimum atomic E-state index is -0.0744. The SMILES string of the molecule is CC1Cc2ccccc2N(C(=O)c2cnn(C)c2N)C1. The van der Waals surface area contributed by atoms with Gasteiger partial charge in [-0.05, 0) is 24.0 Å². The van der Waals surface area contributed by atoms with Crippen LogP contribution in [0, 0.1) is 5.92 Å². The second kappa shape index (κ2) is 4.67. The Balaban J connectivity index is 2.02. The van der Waals surface area contributed by atoms with Crippen LogP contribution in [-0.2, 0) is 13.5 Å². The number of para-hydroxylation sites is 1. The van der Waals surface area contributed by atoms with Crippen LogP contribution in [0.4, 0.5) is 11.5 Å². The van der Waals surface area contributed by atoms with E-state index in [2.05, 4.69) is 18.1 Å². The maximum atomic E-state index is 12.7. The number of hydrogen-bond acceptors (Lipinski definition) is 3. The molecule has 1 aliphatic heterocycles. The van der Waals surface area contributed by atoms with E-state index in [4.69, 9.17) is 5.73 Å². The van der Waals surface area contributed by atoms with Crippen LogP contribution in [0.25, 0.3) is 0 Å².